The van der Waals surface area contributed by atoms with Gasteiger partial charge in [0.1, 0.15) is 5.75 Å². The van der Waals surface area contributed by atoms with E-state index >= 15 is 0 Å². The molecule has 110 valence electrons. The highest BCUT2D eigenvalue weighted by molar-refractivity contribution is 6.01. The summed E-state index contributed by atoms with van der Waals surface area (Å²) in [6.45, 7) is 0.800. The van der Waals surface area contributed by atoms with E-state index in [4.69, 9.17) is 9.47 Å². The molecule has 0 spiro atoms. The van der Waals surface area contributed by atoms with Crippen LogP contribution in [0.15, 0.2) is 42.2 Å². The maximum absolute atomic E-state index is 12.3. The van der Waals surface area contributed by atoms with Crippen molar-refractivity contribution in [2.75, 3.05) is 13.2 Å². The first-order valence-electron chi connectivity index (χ1n) is 6.94. The number of hydrogen-bond acceptors (Lipinski definition) is 4. The second-order valence-corrected chi connectivity index (χ2v) is 5.07. The number of fused-ring (bicyclic) bond motifs is 1. The molecule has 0 unspecified atom stereocenters. The van der Waals surface area contributed by atoms with Gasteiger partial charge in [0.2, 0.25) is 0 Å². The minimum Gasteiger partial charge on any atom is -0.464 e. The highest BCUT2D eigenvalue weighted by atomic mass is 16.5. The van der Waals surface area contributed by atoms with Crippen molar-refractivity contribution in [1.29, 1.82) is 0 Å². The molecule has 5 heteroatoms. The number of aliphatic hydroxyl groups is 1. The number of nitrogens with one attached hydrogen (secondary N) is 1. The fourth-order valence-electron chi connectivity index (χ4n) is 2.39. The molecule has 2 heterocycles. The van der Waals surface area contributed by atoms with Crippen molar-refractivity contribution in [3.05, 3.63) is 47.7 Å². The molecule has 2 atom stereocenters. The molecule has 0 aliphatic carbocycles. The summed E-state index contributed by atoms with van der Waals surface area (Å²) in [6.07, 6.45) is 4.84. The van der Waals surface area contributed by atoms with Crippen LogP contribution in [0.3, 0.4) is 0 Å². The largest absolute Gasteiger partial charge is 0.464 e. The Bertz CT molecular complexity index is 594. The zero-order valence-corrected chi connectivity index (χ0v) is 11.5. The average Bonchev–Trinajstić information content (AvgIpc) is 2.72. The summed E-state index contributed by atoms with van der Waals surface area (Å²) in [5, 5.41) is 12.7. The number of rotatable bonds is 2. The van der Waals surface area contributed by atoms with Gasteiger partial charge in [0, 0.05) is 17.7 Å². The Balaban J connectivity index is 1.76. The first-order valence-corrected chi connectivity index (χ1v) is 6.94. The number of hydrogen-bond donors (Lipinski definition) is 2. The minimum absolute atomic E-state index is 0.225. The van der Waals surface area contributed by atoms with E-state index in [1.165, 1.54) is 6.26 Å². The predicted molar refractivity (Wildman–Crippen MR) is 77.6 cm³/mol. The number of amides is 1. The van der Waals surface area contributed by atoms with E-state index in [1.54, 1.807) is 12.2 Å². The Hall–Kier alpha value is -2.11. The molecule has 1 fully saturated rings. The van der Waals surface area contributed by atoms with E-state index in [2.05, 4.69) is 5.32 Å². The van der Waals surface area contributed by atoms with Crippen molar-refractivity contribution in [3.8, 4) is 5.75 Å². The number of aliphatic hydroxyl groups excluding tert-OH is 1. The normalized spacial score (nSPS) is 24.3. The lowest BCUT2D eigenvalue weighted by atomic mass is 10.0. The first kappa shape index (κ1) is 13.9. The fraction of sp³-hybridized carbons (Fsp3) is 0.312. The summed E-state index contributed by atoms with van der Waals surface area (Å²) in [5.74, 6) is 0.486. The van der Waals surface area contributed by atoms with E-state index in [9.17, 15) is 9.90 Å². The molecule has 21 heavy (non-hydrogen) atoms. The Morgan fingerprint density at radius 2 is 2.19 bits per heavy atom. The lowest BCUT2D eigenvalue weighted by Crippen LogP contribution is -2.48. The maximum Gasteiger partial charge on any atom is 0.251 e. The van der Waals surface area contributed by atoms with Crippen molar-refractivity contribution >= 4 is 12.0 Å². The van der Waals surface area contributed by atoms with E-state index in [-0.39, 0.29) is 18.6 Å². The predicted octanol–water partition coefficient (Wildman–Crippen LogP) is 1.24. The van der Waals surface area contributed by atoms with Crippen LogP contribution < -0.4 is 10.1 Å². The third-order valence-electron chi connectivity index (χ3n) is 3.58. The van der Waals surface area contributed by atoms with Gasteiger partial charge in [0.15, 0.2) is 0 Å². The van der Waals surface area contributed by atoms with Crippen LogP contribution in [0.25, 0.3) is 6.08 Å². The highest BCUT2D eigenvalue weighted by Gasteiger charge is 2.26. The van der Waals surface area contributed by atoms with E-state index in [0.29, 0.717) is 24.4 Å². The third kappa shape index (κ3) is 3.15. The molecule has 0 aromatic heterocycles. The lowest BCUT2D eigenvalue weighted by molar-refractivity contribution is -0.120. The smallest absolute Gasteiger partial charge is 0.251 e. The van der Waals surface area contributed by atoms with Crippen LogP contribution in [0.5, 0.6) is 5.75 Å². The highest BCUT2D eigenvalue weighted by Crippen LogP contribution is 2.24. The topological polar surface area (TPSA) is 67.8 Å². The number of carbonyl (C=O) groups is 1. The molecule has 0 radical (unpaired) electrons. The second-order valence-electron chi connectivity index (χ2n) is 5.07. The van der Waals surface area contributed by atoms with Crippen LogP contribution in [-0.2, 0) is 9.53 Å². The maximum atomic E-state index is 12.3. The summed E-state index contributed by atoms with van der Waals surface area (Å²) < 4.78 is 10.6. The number of ether oxygens (including phenoxy) is 2. The summed E-state index contributed by atoms with van der Waals surface area (Å²) in [6, 6.07) is 7.23. The molecule has 5 nitrogen and oxygen atoms in total. The van der Waals surface area contributed by atoms with Crippen LogP contribution >= 0.6 is 0 Å². The summed E-state index contributed by atoms with van der Waals surface area (Å²) >= 11 is 0. The van der Waals surface area contributed by atoms with E-state index in [1.807, 2.05) is 24.3 Å². The minimum atomic E-state index is -0.665. The van der Waals surface area contributed by atoms with Gasteiger partial charge < -0.3 is 19.9 Å². The molecule has 1 saturated heterocycles. The number of benzene rings is 1. The van der Waals surface area contributed by atoms with Gasteiger partial charge in [0.05, 0.1) is 25.0 Å². The Kier molecular flexibility index (Phi) is 4.03. The molecule has 1 aromatic carbocycles. The molecule has 0 bridgehead atoms. The van der Waals surface area contributed by atoms with Crippen LogP contribution in [0.4, 0.5) is 0 Å². The van der Waals surface area contributed by atoms with Gasteiger partial charge in [-0.2, -0.15) is 0 Å². The van der Waals surface area contributed by atoms with Crippen molar-refractivity contribution in [2.24, 2.45) is 0 Å². The number of carbonyl (C=O) groups excluding carboxylic acids is 1. The van der Waals surface area contributed by atoms with Crippen LogP contribution in [0.1, 0.15) is 12.0 Å². The lowest BCUT2D eigenvalue weighted by Gasteiger charge is -2.28. The van der Waals surface area contributed by atoms with Crippen molar-refractivity contribution in [3.63, 3.8) is 0 Å². The molecular weight excluding hydrogens is 270 g/mol. The van der Waals surface area contributed by atoms with Crippen LogP contribution in [-0.4, -0.2) is 36.4 Å². The van der Waals surface area contributed by atoms with Gasteiger partial charge in [-0.05, 0) is 24.6 Å². The van der Waals surface area contributed by atoms with Gasteiger partial charge in [-0.15, -0.1) is 0 Å². The molecule has 2 aliphatic heterocycles. The molecule has 1 amide bonds. The zero-order chi connectivity index (χ0) is 14.7. The summed E-state index contributed by atoms with van der Waals surface area (Å²) in [7, 11) is 0. The van der Waals surface area contributed by atoms with Gasteiger partial charge in [0.25, 0.3) is 5.91 Å². The first-order chi connectivity index (χ1) is 10.2. The van der Waals surface area contributed by atoms with Crippen molar-refractivity contribution < 1.29 is 19.4 Å². The molecule has 2 N–H and O–H groups in total. The van der Waals surface area contributed by atoms with Gasteiger partial charge in [-0.25, -0.2) is 0 Å². The van der Waals surface area contributed by atoms with E-state index < -0.39 is 6.10 Å². The second kappa shape index (κ2) is 6.11. The molecular formula is C16H17NO4. The molecule has 1 aromatic rings. The zero-order valence-electron chi connectivity index (χ0n) is 11.5. The standard InChI is InChI=1S/C16H17NO4/c18-14-10-20-7-6-13(14)17-16(19)12-5-8-21-15-4-2-1-3-11(15)9-12/h1-5,8-9,13-14,18H,6-7,10H2,(H,17,19)/t13-,14-/m1/s1. The Morgan fingerprint density at radius 3 is 3.05 bits per heavy atom. The van der Waals surface area contributed by atoms with Crippen molar-refractivity contribution in [1.82, 2.24) is 5.32 Å². The van der Waals surface area contributed by atoms with E-state index in [0.717, 1.165) is 5.56 Å². The summed E-state index contributed by atoms with van der Waals surface area (Å²) in [5.41, 5.74) is 1.35. The number of para-hydroxylation sites is 1. The van der Waals surface area contributed by atoms with Crippen molar-refractivity contribution in [2.45, 2.75) is 18.6 Å². The quantitative estimate of drug-likeness (QED) is 0.859. The Morgan fingerprint density at radius 1 is 1.33 bits per heavy atom. The molecule has 0 saturated carbocycles. The van der Waals surface area contributed by atoms with Crippen LogP contribution in [0, 0.1) is 0 Å². The van der Waals surface area contributed by atoms with Gasteiger partial charge >= 0.3 is 0 Å². The third-order valence-corrected chi connectivity index (χ3v) is 3.58. The molecule has 2 aliphatic rings. The fourth-order valence-corrected chi connectivity index (χ4v) is 2.39. The monoisotopic (exact) mass is 287 g/mol. The van der Waals surface area contributed by atoms with Crippen LogP contribution in [0.2, 0.25) is 0 Å². The average molecular weight is 287 g/mol. The molecule has 3 rings (SSSR count). The SMILES string of the molecule is O=C(N[C@@H]1CCOC[C@H]1O)C1=Cc2ccccc2OC=C1. The Labute approximate surface area is 122 Å². The van der Waals surface area contributed by atoms with Gasteiger partial charge in [-0.1, -0.05) is 18.2 Å². The van der Waals surface area contributed by atoms with Gasteiger partial charge in [-0.3, -0.25) is 4.79 Å². The summed E-state index contributed by atoms with van der Waals surface area (Å²) in [4.78, 5) is 12.3.